The molecule has 0 radical (unpaired) electrons. The second-order valence-electron chi connectivity index (χ2n) is 2.89. The van der Waals surface area contributed by atoms with Gasteiger partial charge in [0, 0.05) is 11.8 Å². The Labute approximate surface area is 38.5 Å². The van der Waals surface area contributed by atoms with Gasteiger partial charge in [0.05, 0.1) is 6.04 Å². The number of rotatable bonds is 0. The van der Waals surface area contributed by atoms with Crippen LogP contribution < -0.4 is 5.73 Å². The van der Waals surface area contributed by atoms with Crippen molar-refractivity contribution in [3.63, 3.8) is 0 Å². The van der Waals surface area contributed by atoms with Crippen LogP contribution in [-0.2, 0) is 0 Å². The predicted octanol–water partition coefficient (Wildman–Crippen LogP) is 0.0268. The molecule has 1 aliphatic rings. The maximum absolute atomic E-state index is 3.90. The molecule has 0 aromatic heterocycles. The largest absolute Gasteiger partial charge is 0.355 e. The lowest BCUT2D eigenvalue weighted by molar-refractivity contribution is -0.393. The van der Waals surface area contributed by atoms with Crippen LogP contribution >= 0.6 is 0 Å². The Kier molecular flexibility index (Phi) is 0.539. The van der Waals surface area contributed by atoms with Crippen LogP contribution in [0, 0.1) is 5.41 Å². The molecular formula is C5H12N+. The van der Waals surface area contributed by atoms with Crippen LogP contribution in [-0.4, -0.2) is 6.04 Å². The average Bonchev–Trinajstić information content (AvgIpc) is 1.73. The minimum Gasteiger partial charge on any atom is -0.355 e. The summed E-state index contributed by atoms with van der Waals surface area (Å²) < 4.78 is 0. The fraction of sp³-hybridized carbons (Fsp3) is 1.00. The second kappa shape index (κ2) is 0.784. The summed E-state index contributed by atoms with van der Waals surface area (Å²) >= 11 is 0. The van der Waals surface area contributed by atoms with Gasteiger partial charge in [-0.3, -0.25) is 0 Å². The molecule has 1 aliphatic carbocycles. The van der Waals surface area contributed by atoms with Crippen LogP contribution in [0.1, 0.15) is 20.3 Å². The van der Waals surface area contributed by atoms with Gasteiger partial charge in [-0.1, -0.05) is 13.8 Å². The summed E-state index contributed by atoms with van der Waals surface area (Å²) in [5.74, 6) is 0. The standard InChI is InChI=1S/C5H11N/c1-5(2)3-4(5)6/h4H,3,6H2,1-2H3/p+1. The monoisotopic (exact) mass is 86.1 g/mol. The fourth-order valence-electron chi connectivity index (χ4n) is 0.576. The zero-order chi connectivity index (χ0) is 4.78. The third-order valence-corrected chi connectivity index (χ3v) is 1.72. The Hall–Kier alpha value is -0.0400. The fourth-order valence-corrected chi connectivity index (χ4v) is 0.576. The summed E-state index contributed by atoms with van der Waals surface area (Å²) in [6.07, 6.45) is 1.33. The topological polar surface area (TPSA) is 27.6 Å². The number of quaternary nitrogens is 1. The van der Waals surface area contributed by atoms with Crippen molar-refractivity contribution in [3.05, 3.63) is 0 Å². The number of hydrogen-bond acceptors (Lipinski definition) is 0. The highest BCUT2D eigenvalue weighted by molar-refractivity contribution is 4.93. The van der Waals surface area contributed by atoms with E-state index in [2.05, 4.69) is 19.6 Å². The smallest absolute Gasteiger partial charge is 0.0904 e. The normalized spacial score (nSPS) is 39.5. The van der Waals surface area contributed by atoms with Crippen molar-refractivity contribution in [2.45, 2.75) is 26.3 Å². The quantitative estimate of drug-likeness (QED) is 0.430. The van der Waals surface area contributed by atoms with E-state index in [1.54, 1.807) is 0 Å². The van der Waals surface area contributed by atoms with E-state index in [-0.39, 0.29) is 0 Å². The minimum atomic E-state index is 0.597. The van der Waals surface area contributed by atoms with Gasteiger partial charge in [0.15, 0.2) is 0 Å². The van der Waals surface area contributed by atoms with Crippen molar-refractivity contribution in [2.75, 3.05) is 0 Å². The molecule has 1 rings (SSSR count). The average molecular weight is 86.2 g/mol. The molecule has 0 aliphatic heterocycles. The lowest BCUT2D eigenvalue weighted by Gasteiger charge is -1.88. The zero-order valence-electron chi connectivity index (χ0n) is 4.49. The Morgan fingerprint density at radius 2 is 1.83 bits per heavy atom. The molecule has 1 fully saturated rings. The Morgan fingerprint density at radius 1 is 1.67 bits per heavy atom. The van der Waals surface area contributed by atoms with Crippen molar-refractivity contribution in [1.29, 1.82) is 0 Å². The van der Waals surface area contributed by atoms with Gasteiger partial charge in [0.1, 0.15) is 0 Å². The van der Waals surface area contributed by atoms with Crippen molar-refractivity contribution < 1.29 is 5.73 Å². The second-order valence-corrected chi connectivity index (χ2v) is 2.89. The van der Waals surface area contributed by atoms with E-state index < -0.39 is 0 Å². The molecule has 0 aromatic carbocycles. The molecule has 1 nitrogen and oxygen atoms in total. The summed E-state index contributed by atoms with van der Waals surface area (Å²) in [5, 5.41) is 0. The Balaban J connectivity index is 2.41. The Bertz CT molecular complexity index is 66.3. The van der Waals surface area contributed by atoms with Gasteiger partial charge in [-0.15, -0.1) is 0 Å². The molecule has 1 saturated carbocycles. The van der Waals surface area contributed by atoms with Gasteiger partial charge in [-0.25, -0.2) is 0 Å². The molecule has 0 spiro atoms. The first-order valence-corrected chi connectivity index (χ1v) is 2.46. The minimum absolute atomic E-state index is 0.597. The molecule has 0 amide bonds. The summed E-state index contributed by atoms with van der Waals surface area (Å²) in [6.45, 7) is 4.51. The van der Waals surface area contributed by atoms with Crippen LogP contribution in [0.5, 0.6) is 0 Å². The van der Waals surface area contributed by atoms with E-state index in [4.69, 9.17) is 0 Å². The molecule has 1 heteroatoms. The van der Waals surface area contributed by atoms with E-state index in [1.807, 2.05) is 0 Å². The highest BCUT2D eigenvalue weighted by Gasteiger charge is 2.46. The molecule has 36 valence electrons. The summed E-state index contributed by atoms with van der Waals surface area (Å²) in [6, 6.07) is 0.748. The van der Waals surface area contributed by atoms with E-state index in [9.17, 15) is 0 Å². The van der Waals surface area contributed by atoms with Gasteiger partial charge in [0.2, 0.25) is 0 Å². The van der Waals surface area contributed by atoms with Crippen molar-refractivity contribution in [3.8, 4) is 0 Å². The Morgan fingerprint density at radius 3 is 1.83 bits per heavy atom. The SMILES string of the molecule is CC1(C)CC1[NH3+]. The van der Waals surface area contributed by atoms with E-state index in [0.717, 1.165) is 6.04 Å². The lowest BCUT2D eigenvalue weighted by atomic mass is 10.2. The van der Waals surface area contributed by atoms with Crippen molar-refractivity contribution >= 4 is 0 Å². The van der Waals surface area contributed by atoms with Gasteiger partial charge in [-0.2, -0.15) is 0 Å². The molecular weight excluding hydrogens is 74.1 g/mol. The van der Waals surface area contributed by atoms with Crippen LogP contribution in [0.3, 0.4) is 0 Å². The van der Waals surface area contributed by atoms with Gasteiger partial charge >= 0.3 is 0 Å². The van der Waals surface area contributed by atoms with Crippen LogP contribution in [0.25, 0.3) is 0 Å². The van der Waals surface area contributed by atoms with Gasteiger partial charge < -0.3 is 5.73 Å². The van der Waals surface area contributed by atoms with Gasteiger partial charge in [-0.05, 0) is 0 Å². The van der Waals surface area contributed by atoms with E-state index in [0.29, 0.717) is 5.41 Å². The van der Waals surface area contributed by atoms with E-state index in [1.165, 1.54) is 6.42 Å². The summed E-state index contributed by atoms with van der Waals surface area (Å²) in [4.78, 5) is 0. The first kappa shape index (κ1) is 4.13. The summed E-state index contributed by atoms with van der Waals surface area (Å²) in [5.41, 5.74) is 4.50. The highest BCUT2D eigenvalue weighted by Crippen LogP contribution is 2.40. The maximum atomic E-state index is 3.90. The molecule has 6 heavy (non-hydrogen) atoms. The number of hydrogen-bond donors (Lipinski definition) is 1. The summed E-state index contributed by atoms with van der Waals surface area (Å²) in [7, 11) is 0. The van der Waals surface area contributed by atoms with Crippen molar-refractivity contribution in [1.82, 2.24) is 0 Å². The maximum Gasteiger partial charge on any atom is 0.0904 e. The van der Waals surface area contributed by atoms with Crippen LogP contribution in [0.15, 0.2) is 0 Å². The molecule has 0 heterocycles. The molecule has 0 bridgehead atoms. The first-order chi connectivity index (χ1) is 2.63. The molecule has 1 unspecified atom stereocenters. The molecule has 0 aromatic rings. The van der Waals surface area contributed by atoms with Crippen LogP contribution in [0.2, 0.25) is 0 Å². The zero-order valence-corrected chi connectivity index (χ0v) is 4.49. The highest BCUT2D eigenvalue weighted by atomic mass is 14.8. The van der Waals surface area contributed by atoms with Crippen molar-refractivity contribution in [2.24, 2.45) is 5.41 Å². The third kappa shape index (κ3) is 0.432. The first-order valence-electron chi connectivity index (χ1n) is 2.46. The third-order valence-electron chi connectivity index (χ3n) is 1.72. The molecule has 3 N–H and O–H groups in total. The lowest BCUT2D eigenvalue weighted by Crippen LogP contribution is -2.54. The predicted molar refractivity (Wildman–Crippen MR) is 25.1 cm³/mol. The molecule has 1 atom stereocenters. The van der Waals surface area contributed by atoms with Crippen LogP contribution in [0.4, 0.5) is 0 Å². The van der Waals surface area contributed by atoms with E-state index >= 15 is 0 Å². The molecule has 0 saturated heterocycles. The van der Waals surface area contributed by atoms with Gasteiger partial charge in [0.25, 0.3) is 0 Å².